The molecule has 2 heterocycles. The Bertz CT molecular complexity index is 501. The minimum absolute atomic E-state index is 0.158. The van der Waals surface area contributed by atoms with E-state index in [0.29, 0.717) is 5.56 Å². The van der Waals surface area contributed by atoms with Crippen molar-refractivity contribution in [2.24, 2.45) is 0 Å². The van der Waals surface area contributed by atoms with E-state index in [0.717, 1.165) is 0 Å². The maximum Gasteiger partial charge on any atom is 0.487 e. The van der Waals surface area contributed by atoms with Crippen LogP contribution in [0.2, 0.25) is 0 Å². The normalized spacial score (nSPS) is 21.2. The van der Waals surface area contributed by atoms with Gasteiger partial charge in [-0.05, 0) is 27.7 Å². The SMILES string of the molecule is CC1(C)OB(/C=C/c2cnc(N)cc2F)OC1(C)C. The number of rotatable bonds is 2. The molecule has 0 amide bonds. The highest BCUT2D eigenvalue weighted by atomic mass is 19.1. The molecule has 0 aromatic carbocycles. The maximum atomic E-state index is 13.6. The van der Waals surface area contributed by atoms with Gasteiger partial charge in [-0.2, -0.15) is 0 Å². The molecular weight excluding hydrogens is 246 g/mol. The third-order valence-corrected chi connectivity index (χ3v) is 3.61. The van der Waals surface area contributed by atoms with Crippen LogP contribution in [0.5, 0.6) is 0 Å². The second kappa shape index (κ2) is 4.61. The van der Waals surface area contributed by atoms with Crippen molar-refractivity contribution >= 4 is 19.0 Å². The van der Waals surface area contributed by atoms with Crippen LogP contribution < -0.4 is 5.73 Å². The predicted molar refractivity (Wildman–Crippen MR) is 73.7 cm³/mol. The summed E-state index contributed by atoms with van der Waals surface area (Å²) in [4.78, 5) is 3.85. The molecule has 19 heavy (non-hydrogen) atoms. The lowest BCUT2D eigenvalue weighted by atomic mass is 9.89. The second-order valence-electron chi connectivity index (χ2n) is 5.61. The molecule has 2 N–H and O–H groups in total. The van der Waals surface area contributed by atoms with Crippen molar-refractivity contribution in [1.29, 1.82) is 0 Å². The van der Waals surface area contributed by atoms with Gasteiger partial charge < -0.3 is 15.0 Å². The number of nitrogen functional groups attached to an aromatic ring is 1. The number of anilines is 1. The zero-order valence-corrected chi connectivity index (χ0v) is 11.6. The van der Waals surface area contributed by atoms with Gasteiger partial charge in [0, 0.05) is 17.8 Å². The van der Waals surface area contributed by atoms with E-state index in [1.165, 1.54) is 12.3 Å². The molecule has 1 aromatic rings. The molecule has 0 bridgehead atoms. The quantitative estimate of drug-likeness (QED) is 0.833. The van der Waals surface area contributed by atoms with Crippen molar-refractivity contribution in [2.75, 3.05) is 5.73 Å². The first-order valence-corrected chi connectivity index (χ1v) is 6.16. The van der Waals surface area contributed by atoms with Crippen LogP contribution in [0.1, 0.15) is 33.3 Å². The van der Waals surface area contributed by atoms with E-state index < -0.39 is 24.1 Å². The summed E-state index contributed by atoms with van der Waals surface area (Å²) in [5, 5.41) is 0. The summed E-state index contributed by atoms with van der Waals surface area (Å²) >= 11 is 0. The van der Waals surface area contributed by atoms with Gasteiger partial charge >= 0.3 is 7.12 Å². The first kappa shape index (κ1) is 14.0. The number of hydrogen-bond acceptors (Lipinski definition) is 4. The summed E-state index contributed by atoms with van der Waals surface area (Å²) in [6.45, 7) is 7.86. The molecule has 1 aliphatic heterocycles. The summed E-state index contributed by atoms with van der Waals surface area (Å²) in [6, 6.07) is 1.18. The molecule has 0 aliphatic carbocycles. The van der Waals surface area contributed by atoms with E-state index in [-0.39, 0.29) is 5.82 Å². The van der Waals surface area contributed by atoms with Gasteiger partial charge in [0.15, 0.2) is 0 Å². The molecular formula is C13H18BFN2O2. The van der Waals surface area contributed by atoms with Crippen LogP contribution in [0, 0.1) is 5.82 Å². The van der Waals surface area contributed by atoms with Crippen molar-refractivity contribution in [3.8, 4) is 0 Å². The Morgan fingerprint density at radius 1 is 1.26 bits per heavy atom. The fraction of sp³-hybridized carbons (Fsp3) is 0.462. The number of pyridine rings is 1. The summed E-state index contributed by atoms with van der Waals surface area (Å²) < 4.78 is 25.1. The molecule has 0 spiro atoms. The van der Waals surface area contributed by atoms with Gasteiger partial charge in [0.25, 0.3) is 0 Å². The Balaban J connectivity index is 2.13. The van der Waals surface area contributed by atoms with E-state index in [2.05, 4.69) is 4.98 Å². The van der Waals surface area contributed by atoms with Gasteiger partial charge in [0.2, 0.25) is 0 Å². The van der Waals surface area contributed by atoms with Crippen LogP contribution in [0.25, 0.3) is 6.08 Å². The molecule has 0 unspecified atom stereocenters. The van der Waals surface area contributed by atoms with Gasteiger partial charge in [-0.3, -0.25) is 0 Å². The minimum atomic E-state index is -0.498. The van der Waals surface area contributed by atoms with Crippen molar-refractivity contribution < 1.29 is 13.7 Å². The largest absolute Gasteiger partial charge is 0.487 e. The summed E-state index contributed by atoms with van der Waals surface area (Å²) in [5.41, 5.74) is 4.94. The molecule has 0 radical (unpaired) electrons. The molecule has 4 nitrogen and oxygen atoms in total. The molecule has 0 saturated carbocycles. The van der Waals surface area contributed by atoms with Gasteiger partial charge in [-0.15, -0.1) is 0 Å². The third-order valence-electron chi connectivity index (χ3n) is 3.61. The number of aromatic nitrogens is 1. The number of halogens is 1. The van der Waals surface area contributed by atoms with Crippen molar-refractivity contribution in [2.45, 2.75) is 38.9 Å². The van der Waals surface area contributed by atoms with Crippen molar-refractivity contribution in [3.63, 3.8) is 0 Å². The highest BCUT2D eigenvalue weighted by molar-refractivity contribution is 6.52. The van der Waals surface area contributed by atoms with Gasteiger partial charge in [0.05, 0.1) is 11.2 Å². The average Bonchev–Trinajstić information content (AvgIpc) is 2.46. The molecule has 1 saturated heterocycles. The molecule has 1 fully saturated rings. The first-order chi connectivity index (χ1) is 8.71. The maximum absolute atomic E-state index is 13.6. The van der Waals surface area contributed by atoms with Crippen LogP contribution in [-0.2, 0) is 9.31 Å². The molecule has 1 aromatic heterocycles. The lowest BCUT2D eigenvalue weighted by Crippen LogP contribution is -2.41. The van der Waals surface area contributed by atoms with Crippen LogP contribution >= 0.6 is 0 Å². The van der Waals surface area contributed by atoms with Gasteiger partial charge in [-0.1, -0.05) is 12.1 Å². The van der Waals surface area contributed by atoms with Crippen molar-refractivity contribution in [1.82, 2.24) is 4.98 Å². The molecule has 0 atom stereocenters. The van der Waals surface area contributed by atoms with Crippen LogP contribution in [0.4, 0.5) is 10.2 Å². The van der Waals surface area contributed by atoms with E-state index in [4.69, 9.17) is 15.0 Å². The minimum Gasteiger partial charge on any atom is -0.400 e. The monoisotopic (exact) mass is 264 g/mol. The number of nitrogens with two attached hydrogens (primary N) is 1. The van der Waals surface area contributed by atoms with Crippen LogP contribution in [0.15, 0.2) is 18.2 Å². The smallest absolute Gasteiger partial charge is 0.400 e. The van der Waals surface area contributed by atoms with E-state index in [9.17, 15) is 4.39 Å². The Morgan fingerprint density at radius 2 is 1.84 bits per heavy atom. The second-order valence-corrected chi connectivity index (χ2v) is 5.61. The topological polar surface area (TPSA) is 57.4 Å². The van der Waals surface area contributed by atoms with Crippen LogP contribution in [0.3, 0.4) is 0 Å². The third kappa shape index (κ3) is 2.79. The molecule has 6 heteroatoms. The predicted octanol–water partition coefficient (Wildman–Crippen LogP) is 2.45. The van der Waals surface area contributed by atoms with E-state index in [1.807, 2.05) is 27.7 Å². The lowest BCUT2D eigenvalue weighted by Gasteiger charge is -2.32. The zero-order chi connectivity index (χ0) is 14.3. The fourth-order valence-corrected chi connectivity index (χ4v) is 1.73. The zero-order valence-electron chi connectivity index (χ0n) is 11.6. The van der Waals surface area contributed by atoms with Gasteiger partial charge in [0.1, 0.15) is 11.6 Å². The Kier molecular flexibility index (Phi) is 3.41. The first-order valence-electron chi connectivity index (χ1n) is 6.16. The number of hydrogen-bond donors (Lipinski definition) is 1. The Hall–Kier alpha value is -1.40. The average molecular weight is 264 g/mol. The van der Waals surface area contributed by atoms with E-state index in [1.54, 1.807) is 12.1 Å². The van der Waals surface area contributed by atoms with Crippen molar-refractivity contribution in [3.05, 3.63) is 29.6 Å². The summed E-state index contributed by atoms with van der Waals surface area (Å²) in [6.07, 6.45) is 2.97. The molecule has 102 valence electrons. The van der Waals surface area contributed by atoms with E-state index >= 15 is 0 Å². The summed E-state index contributed by atoms with van der Waals surface area (Å²) in [7, 11) is -0.498. The Labute approximate surface area is 113 Å². The summed E-state index contributed by atoms with van der Waals surface area (Å²) in [5.74, 6) is 1.41. The number of nitrogens with zero attached hydrogens (tertiary/aromatic N) is 1. The lowest BCUT2D eigenvalue weighted by molar-refractivity contribution is 0.00578. The molecule has 1 aliphatic rings. The highest BCUT2D eigenvalue weighted by Crippen LogP contribution is 2.37. The highest BCUT2D eigenvalue weighted by Gasteiger charge is 2.49. The van der Waals surface area contributed by atoms with Crippen LogP contribution in [-0.4, -0.2) is 23.3 Å². The Morgan fingerprint density at radius 3 is 2.37 bits per heavy atom. The standard InChI is InChI=1S/C13H18BFN2O2/c1-12(2)13(3,4)19-14(18-12)6-5-9-8-17-11(16)7-10(9)15/h5-8H,1-4H3,(H2,16,17)/b6-5+. The fourth-order valence-electron chi connectivity index (χ4n) is 1.73. The molecule has 2 rings (SSSR count). The van der Waals surface area contributed by atoms with Gasteiger partial charge in [-0.25, -0.2) is 9.37 Å².